The molecule has 0 aliphatic rings. The molecule has 1 unspecified atom stereocenters. The van der Waals surface area contributed by atoms with E-state index < -0.39 is 36.0 Å². The van der Waals surface area contributed by atoms with Crippen LogP contribution in [0.3, 0.4) is 0 Å². The van der Waals surface area contributed by atoms with Crippen molar-refractivity contribution in [2.24, 2.45) is 0 Å². The van der Waals surface area contributed by atoms with Gasteiger partial charge in [0.15, 0.2) is 0 Å². The fourth-order valence-electron chi connectivity index (χ4n) is 3.68. The summed E-state index contributed by atoms with van der Waals surface area (Å²) in [5.74, 6) is -2.77. The monoisotopic (exact) mass is 448 g/mol. The van der Waals surface area contributed by atoms with Crippen molar-refractivity contribution in [3.05, 3.63) is 83.9 Å². The average Bonchev–Trinajstić information content (AvgIpc) is 2.81. The highest BCUT2D eigenvalue weighted by molar-refractivity contribution is 5.88. The summed E-state index contributed by atoms with van der Waals surface area (Å²) < 4.78 is 0. The van der Waals surface area contributed by atoms with E-state index in [1.54, 1.807) is 0 Å². The summed E-state index contributed by atoms with van der Waals surface area (Å²) in [6.07, 6.45) is 1.04. The van der Waals surface area contributed by atoms with Gasteiger partial charge in [-0.3, -0.25) is 19.7 Å². The summed E-state index contributed by atoms with van der Waals surface area (Å²) in [7, 11) is 0. The van der Waals surface area contributed by atoms with Crippen molar-refractivity contribution < 1.29 is 24.6 Å². The molecule has 0 bridgehead atoms. The Morgan fingerprint density at radius 1 is 0.788 bits per heavy atom. The van der Waals surface area contributed by atoms with Crippen LogP contribution in [-0.2, 0) is 27.2 Å². The molecule has 3 rings (SSSR count). The zero-order valence-corrected chi connectivity index (χ0v) is 18.4. The van der Waals surface area contributed by atoms with E-state index >= 15 is 0 Å². The smallest absolute Gasteiger partial charge is 0.325 e. The molecule has 0 saturated carbocycles. The van der Waals surface area contributed by atoms with Gasteiger partial charge in [-0.2, -0.15) is 0 Å². The molecule has 0 heterocycles. The van der Waals surface area contributed by atoms with Crippen LogP contribution >= 0.6 is 0 Å². The minimum atomic E-state index is -1.16. The van der Waals surface area contributed by atoms with Crippen LogP contribution in [0.25, 0.3) is 10.8 Å². The van der Waals surface area contributed by atoms with Gasteiger partial charge in [0.05, 0.1) is 6.04 Å². The van der Waals surface area contributed by atoms with Crippen molar-refractivity contribution in [3.63, 3.8) is 0 Å². The van der Waals surface area contributed by atoms with Gasteiger partial charge in [-0.05, 0) is 48.1 Å². The maximum Gasteiger partial charge on any atom is 0.325 e. The second kappa shape index (κ2) is 11.2. The number of carbonyl (C=O) groups excluding carboxylic acids is 1. The number of hydrogen-bond acceptors (Lipinski definition) is 4. The molecule has 0 aromatic heterocycles. The fourth-order valence-corrected chi connectivity index (χ4v) is 3.68. The first-order valence-electron chi connectivity index (χ1n) is 10.9. The topological polar surface area (TPSA) is 116 Å². The summed E-state index contributed by atoms with van der Waals surface area (Å²) in [5.41, 5.74) is 1.84. The van der Waals surface area contributed by atoms with Gasteiger partial charge in [0.1, 0.15) is 12.1 Å². The van der Waals surface area contributed by atoms with Gasteiger partial charge in [0.25, 0.3) is 0 Å². The quantitative estimate of drug-likeness (QED) is 0.358. The number of hydrogen-bond donors (Lipinski definition) is 4. The van der Waals surface area contributed by atoms with E-state index in [-0.39, 0.29) is 12.8 Å². The largest absolute Gasteiger partial charge is 0.480 e. The maximum absolute atomic E-state index is 12.9. The lowest BCUT2D eigenvalue weighted by Crippen LogP contribution is -2.54. The van der Waals surface area contributed by atoms with Crippen molar-refractivity contribution in [3.8, 4) is 0 Å². The summed E-state index contributed by atoms with van der Waals surface area (Å²) in [4.78, 5) is 36.1. The molecule has 3 aromatic rings. The Bertz CT molecular complexity index is 1120. The molecule has 172 valence electrons. The van der Waals surface area contributed by atoms with E-state index in [2.05, 4.69) is 10.6 Å². The molecule has 33 heavy (non-hydrogen) atoms. The zero-order valence-electron chi connectivity index (χ0n) is 18.4. The number of carbonyl (C=O) groups is 3. The van der Waals surface area contributed by atoms with E-state index in [1.165, 1.54) is 6.92 Å². The van der Waals surface area contributed by atoms with Crippen LogP contribution in [0, 0.1) is 0 Å². The van der Waals surface area contributed by atoms with E-state index in [1.807, 2.05) is 72.8 Å². The number of benzene rings is 3. The van der Waals surface area contributed by atoms with Gasteiger partial charge < -0.3 is 15.5 Å². The molecule has 0 spiro atoms. The maximum atomic E-state index is 12.9. The minimum absolute atomic E-state index is 0.220. The van der Waals surface area contributed by atoms with Crippen LogP contribution in [0.15, 0.2) is 72.8 Å². The Morgan fingerprint density at radius 3 is 2.12 bits per heavy atom. The molecule has 4 N–H and O–H groups in total. The molecule has 0 saturated heterocycles. The number of amides is 1. The number of aryl methyl sites for hydroxylation is 1. The summed E-state index contributed by atoms with van der Waals surface area (Å²) in [6.45, 7) is 1.37. The summed E-state index contributed by atoms with van der Waals surface area (Å²) in [6, 6.07) is 20.2. The molecular weight excluding hydrogens is 420 g/mol. The minimum Gasteiger partial charge on any atom is -0.480 e. The van der Waals surface area contributed by atoms with Crippen LogP contribution in [0.1, 0.15) is 24.5 Å². The van der Waals surface area contributed by atoms with Crippen molar-refractivity contribution in [2.75, 3.05) is 0 Å². The van der Waals surface area contributed by atoms with Crippen LogP contribution in [0.2, 0.25) is 0 Å². The lowest BCUT2D eigenvalue weighted by molar-refractivity contribution is -0.143. The number of carboxylic acids is 2. The molecule has 0 radical (unpaired) electrons. The lowest BCUT2D eigenvalue weighted by Gasteiger charge is -2.24. The van der Waals surface area contributed by atoms with E-state index in [0.717, 1.165) is 21.9 Å². The Balaban J connectivity index is 1.79. The highest BCUT2D eigenvalue weighted by Gasteiger charge is 2.28. The van der Waals surface area contributed by atoms with Crippen molar-refractivity contribution >= 4 is 28.6 Å². The molecule has 3 aromatic carbocycles. The van der Waals surface area contributed by atoms with Gasteiger partial charge in [0, 0.05) is 0 Å². The van der Waals surface area contributed by atoms with E-state index in [0.29, 0.717) is 6.42 Å². The van der Waals surface area contributed by atoms with Crippen LogP contribution in [0.5, 0.6) is 0 Å². The Labute approximate surface area is 192 Å². The van der Waals surface area contributed by atoms with Crippen LogP contribution in [-0.4, -0.2) is 46.2 Å². The first-order chi connectivity index (χ1) is 15.8. The first-order valence-corrected chi connectivity index (χ1v) is 10.9. The average molecular weight is 449 g/mol. The predicted molar refractivity (Wildman–Crippen MR) is 126 cm³/mol. The molecule has 7 heteroatoms. The second-order valence-electron chi connectivity index (χ2n) is 8.09. The SMILES string of the molecule is C[C@H](NC(=O)[C@H](Cc1ccc2ccccc2c1)NC(CCc1ccccc1)C(=O)O)C(=O)O. The third-order valence-electron chi connectivity index (χ3n) is 5.56. The number of rotatable bonds is 11. The van der Waals surface area contributed by atoms with Crippen LogP contribution < -0.4 is 10.6 Å². The van der Waals surface area contributed by atoms with Gasteiger partial charge in [0.2, 0.25) is 5.91 Å². The van der Waals surface area contributed by atoms with E-state index in [9.17, 15) is 24.6 Å². The summed E-state index contributed by atoms with van der Waals surface area (Å²) >= 11 is 0. The van der Waals surface area contributed by atoms with Gasteiger partial charge in [-0.25, -0.2) is 0 Å². The highest BCUT2D eigenvalue weighted by Crippen LogP contribution is 2.17. The molecular formula is C26H28N2O5. The second-order valence-corrected chi connectivity index (χ2v) is 8.09. The van der Waals surface area contributed by atoms with E-state index in [4.69, 9.17) is 0 Å². The highest BCUT2D eigenvalue weighted by atomic mass is 16.4. The third-order valence-corrected chi connectivity index (χ3v) is 5.56. The Kier molecular flexibility index (Phi) is 8.16. The van der Waals surface area contributed by atoms with Gasteiger partial charge >= 0.3 is 11.9 Å². The first kappa shape index (κ1) is 23.9. The van der Waals surface area contributed by atoms with Crippen molar-refractivity contribution in [1.29, 1.82) is 0 Å². The molecule has 1 amide bonds. The Hall–Kier alpha value is -3.71. The van der Waals surface area contributed by atoms with Crippen LogP contribution in [0.4, 0.5) is 0 Å². The summed E-state index contributed by atoms with van der Waals surface area (Å²) in [5, 5.41) is 26.4. The van der Waals surface area contributed by atoms with Gasteiger partial charge in [-0.15, -0.1) is 0 Å². The Morgan fingerprint density at radius 2 is 1.45 bits per heavy atom. The number of carboxylic acid groups (broad SMARTS) is 2. The number of aliphatic carboxylic acids is 2. The predicted octanol–water partition coefficient (Wildman–Crippen LogP) is 3.02. The van der Waals surface area contributed by atoms with Crippen molar-refractivity contribution in [1.82, 2.24) is 10.6 Å². The molecule has 0 aliphatic heterocycles. The number of nitrogens with one attached hydrogen (secondary N) is 2. The standard InChI is InChI=1S/C26H28N2O5/c1-17(25(30)31)27-24(29)23(16-19-11-13-20-9-5-6-10-21(20)15-19)28-22(26(32)33)14-12-18-7-3-2-4-8-18/h2-11,13,15,17,22-23,28H,12,14,16H2,1H3,(H,27,29)(H,30,31)(H,32,33)/t17-,22?,23-/m0/s1. The normalized spacial score (nSPS) is 13.7. The molecule has 0 fully saturated rings. The molecule has 7 nitrogen and oxygen atoms in total. The molecule has 3 atom stereocenters. The number of fused-ring (bicyclic) bond motifs is 1. The fraction of sp³-hybridized carbons (Fsp3) is 0.269. The third kappa shape index (κ3) is 6.89. The van der Waals surface area contributed by atoms with Gasteiger partial charge in [-0.1, -0.05) is 72.8 Å². The van der Waals surface area contributed by atoms with Crippen molar-refractivity contribution in [2.45, 2.75) is 44.3 Å². The molecule has 0 aliphatic carbocycles. The zero-order chi connectivity index (χ0) is 23.8. The lowest BCUT2D eigenvalue weighted by atomic mass is 9.99.